The van der Waals surface area contributed by atoms with E-state index in [0.717, 1.165) is 45.3 Å². The summed E-state index contributed by atoms with van der Waals surface area (Å²) in [6.07, 6.45) is 5.29. The molecule has 26 heavy (non-hydrogen) atoms. The van der Waals surface area contributed by atoms with Crippen molar-refractivity contribution in [3.63, 3.8) is 0 Å². The third-order valence-electron chi connectivity index (χ3n) is 6.37. The number of hydrogen-bond donors (Lipinski definition) is 2. The lowest BCUT2D eigenvalue weighted by atomic mass is 9.67. The van der Waals surface area contributed by atoms with Crippen molar-refractivity contribution < 1.29 is 9.59 Å². The third-order valence-corrected chi connectivity index (χ3v) is 6.37. The summed E-state index contributed by atoms with van der Waals surface area (Å²) >= 11 is 0. The van der Waals surface area contributed by atoms with Crippen molar-refractivity contribution in [1.82, 2.24) is 15.5 Å². The van der Waals surface area contributed by atoms with E-state index in [9.17, 15) is 9.59 Å². The van der Waals surface area contributed by atoms with Gasteiger partial charge >= 0.3 is 0 Å². The Kier molecular flexibility index (Phi) is 5.88. The van der Waals surface area contributed by atoms with Crippen LogP contribution in [0.3, 0.4) is 0 Å². The summed E-state index contributed by atoms with van der Waals surface area (Å²) in [5, 5.41) is 6.36. The van der Waals surface area contributed by atoms with Crippen LogP contribution in [0.15, 0.2) is 24.3 Å². The topological polar surface area (TPSA) is 61.4 Å². The monoisotopic (exact) mass is 377 g/mol. The summed E-state index contributed by atoms with van der Waals surface area (Å²) in [7, 11) is 0. The predicted octanol–water partition coefficient (Wildman–Crippen LogP) is 1.89. The lowest BCUT2D eigenvalue weighted by Crippen LogP contribution is -2.50. The van der Waals surface area contributed by atoms with Crippen LogP contribution in [0.4, 0.5) is 0 Å². The molecule has 3 aliphatic rings. The van der Waals surface area contributed by atoms with Crippen LogP contribution in [-0.4, -0.2) is 42.9 Å². The molecule has 2 N–H and O–H groups in total. The number of amides is 2. The molecule has 2 heterocycles. The Labute approximate surface area is 161 Å². The van der Waals surface area contributed by atoms with Crippen LogP contribution in [0.1, 0.15) is 36.8 Å². The minimum Gasteiger partial charge on any atom is -0.346 e. The molecule has 1 saturated heterocycles. The number of benzene rings is 1. The van der Waals surface area contributed by atoms with Gasteiger partial charge in [-0.05, 0) is 42.9 Å². The van der Waals surface area contributed by atoms with Gasteiger partial charge in [-0.15, -0.1) is 12.4 Å². The van der Waals surface area contributed by atoms with E-state index in [-0.39, 0.29) is 36.2 Å². The van der Waals surface area contributed by atoms with E-state index in [1.807, 2.05) is 17.0 Å². The van der Waals surface area contributed by atoms with Gasteiger partial charge in [0.05, 0.1) is 12.0 Å². The highest BCUT2D eigenvalue weighted by atomic mass is 35.5. The normalized spacial score (nSPS) is 27.1. The molecule has 1 aromatic carbocycles. The summed E-state index contributed by atoms with van der Waals surface area (Å²) in [5.74, 6) is 0.531. The molecule has 0 spiro atoms. The Balaban J connectivity index is 0.00000196. The number of rotatable bonds is 3. The Bertz CT molecular complexity index is 681. The molecule has 1 aromatic rings. The van der Waals surface area contributed by atoms with Crippen molar-refractivity contribution in [3.05, 3.63) is 35.4 Å². The van der Waals surface area contributed by atoms with Crippen LogP contribution in [0.5, 0.6) is 0 Å². The van der Waals surface area contributed by atoms with E-state index in [1.54, 1.807) is 0 Å². The lowest BCUT2D eigenvalue weighted by molar-refractivity contribution is -0.138. The van der Waals surface area contributed by atoms with Crippen molar-refractivity contribution in [2.24, 2.45) is 11.3 Å². The molecule has 0 aromatic heterocycles. The first-order chi connectivity index (χ1) is 12.2. The van der Waals surface area contributed by atoms with Gasteiger partial charge in [-0.3, -0.25) is 9.59 Å². The van der Waals surface area contributed by atoms with Gasteiger partial charge in [-0.2, -0.15) is 0 Å². The minimum absolute atomic E-state index is 0. The highest BCUT2D eigenvalue weighted by molar-refractivity contribution is 5.88. The van der Waals surface area contributed by atoms with E-state index >= 15 is 0 Å². The molecular weight excluding hydrogens is 350 g/mol. The molecule has 1 aliphatic carbocycles. The Morgan fingerprint density at radius 3 is 2.88 bits per heavy atom. The maximum atomic E-state index is 12.9. The van der Waals surface area contributed by atoms with E-state index in [0.29, 0.717) is 12.5 Å². The molecule has 2 atom stereocenters. The van der Waals surface area contributed by atoms with Crippen molar-refractivity contribution in [2.45, 2.75) is 38.6 Å². The molecule has 142 valence electrons. The number of fused-ring (bicyclic) bond motifs is 2. The molecule has 0 bridgehead atoms. The fourth-order valence-electron chi connectivity index (χ4n) is 4.84. The Hall–Kier alpha value is -1.59. The smallest absolute Gasteiger partial charge is 0.242 e. The maximum Gasteiger partial charge on any atom is 0.242 e. The largest absolute Gasteiger partial charge is 0.346 e. The number of carbonyl (C=O) groups excluding carboxylic acids is 2. The first kappa shape index (κ1) is 19.2. The summed E-state index contributed by atoms with van der Waals surface area (Å²) in [5.41, 5.74) is 2.27. The fourth-order valence-corrected chi connectivity index (χ4v) is 4.84. The molecule has 2 fully saturated rings. The highest BCUT2D eigenvalue weighted by Crippen LogP contribution is 2.43. The van der Waals surface area contributed by atoms with E-state index in [4.69, 9.17) is 0 Å². The predicted molar refractivity (Wildman–Crippen MR) is 103 cm³/mol. The molecule has 0 radical (unpaired) electrons. The van der Waals surface area contributed by atoms with Gasteiger partial charge in [-0.1, -0.05) is 37.1 Å². The van der Waals surface area contributed by atoms with Gasteiger partial charge in [-0.25, -0.2) is 0 Å². The van der Waals surface area contributed by atoms with Crippen LogP contribution in [0, 0.1) is 11.3 Å². The van der Waals surface area contributed by atoms with Gasteiger partial charge < -0.3 is 15.5 Å². The molecule has 2 amide bonds. The zero-order chi connectivity index (χ0) is 17.3. The van der Waals surface area contributed by atoms with Crippen LogP contribution >= 0.6 is 12.4 Å². The summed E-state index contributed by atoms with van der Waals surface area (Å²) in [4.78, 5) is 27.3. The highest BCUT2D eigenvalue weighted by Gasteiger charge is 2.49. The zero-order valence-corrected chi connectivity index (χ0v) is 15.9. The van der Waals surface area contributed by atoms with Crippen molar-refractivity contribution in [3.8, 4) is 0 Å². The van der Waals surface area contributed by atoms with Gasteiger partial charge in [0.2, 0.25) is 11.8 Å². The van der Waals surface area contributed by atoms with Crippen LogP contribution < -0.4 is 10.6 Å². The number of hydrogen-bond acceptors (Lipinski definition) is 3. The second-order valence-electron chi connectivity index (χ2n) is 7.75. The van der Waals surface area contributed by atoms with E-state index in [1.165, 1.54) is 17.5 Å². The number of carbonyl (C=O) groups is 2. The molecule has 2 aliphatic heterocycles. The Morgan fingerprint density at radius 2 is 2.04 bits per heavy atom. The molecule has 4 rings (SSSR count). The summed E-state index contributed by atoms with van der Waals surface area (Å²) in [6, 6.07) is 8.29. The standard InChI is InChI=1S/C20H27N3O2.ClH/c24-18(23-10-8-15-5-1-2-6-16(15)13-23)12-22-19(25)20-9-4-3-7-17(20)11-21-14-20;/h1-2,5-6,17,21H,3-4,7-14H2,(H,22,25);1H/t17-,20+;/m0./s1. The average Bonchev–Trinajstić information content (AvgIpc) is 3.10. The molecular formula is C20H28ClN3O2. The number of nitrogens with zero attached hydrogens (tertiary/aromatic N) is 1. The first-order valence-electron chi connectivity index (χ1n) is 9.53. The second kappa shape index (κ2) is 7.97. The number of nitrogens with one attached hydrogen (secondary N) is 2. The average molecular weight is 378 g/mol. The lowest BCUT2D eigenvalue weighted by Gasteiger charge is -2.37. The second-order valence-corrected chi connectivity index (χ2v) is 7.75. The van der Waals surface area contributed by atoms with E-state index in [2.05, 4.69) is 22.8 Å². The van der Waals surface area contributed by atoms with Gasteiger partial charge in [0.1, 0.15) is 0 Å². The Morgan fingerprint density at radius 1 is 1.23 bits per heavy atom. The first-order valence-corrected chi connectivity index (χ1v) is 9.53. The molecule has 0 unspecified atom stereocenters. The van der Waals surface area contributed by atoms with Crippen LogP contribution in [0.25, 0.3) is 0 Å². The van der Waals surface area contributed by atoms with Gasteiger partial charge in [0.25, 0.3) is 0 Å². The molecule has 1 saturated carbocycles. The van der Waals surface area contributed by atoms with E-state index < -0.39 is 0 Å². The van der Waals surface area contributed by atoms with Gasteiger partial charge in [0, 0.05) is 19.6 Å². The van der Waals surface area contributed by atoms with Crippen LogP contribution in [0.2, 0.25) is 0 Å². The number of halogens is 1. The summed E-state index contributed by atoms with van der Waals surface area (Å²) in [6.45, 7) is 3.20. The van der Waals surface area contributed by atoms with Crippen molar-refractivity contribution in [1.29, 1.82) is 0 Å². The quantitative estimate of drug-likeness (QED) is 0.845. The van der Waals surface area contributed by atoms with Gasteiger partial charge in [0.15, 0.2) is 0 Å². The fraction of sp³-hybridized carbons (Fsp3) is 0.600. The molecule has 6 heteroatoms. The zero-order valence-electron chi connectivity index (χ0n) is 15.1. The SMILES string of the molecule is Cl.O=C(CNC(=O)[C@@]12CCCC[C@H]1CNC2)N1CCc2ccccc2C1. The van der Waals surface area contributed by atoms with Crippen molar-refractivity contribution in [2.75, 3.05) is 26.2 Å². The maximum absolute atomic E-state index is 12.9. The molecule has 5 nitrogen and oxygen atoms in total. The summed E-state index contributed by atoms with van der Waals surface area (Å²) < 4.78 is 0. The third kappa shape index (κ3) is 3.47. The minimum atomic E-state index is -0.285. The van der Waals surface area contributed by atoms with Crippen LogP contribution in [-0.2, 0) is 22.6 Å². The van der Waals surface area contributed by atoms with Crippen molar-refractivity contribution >= 4 is 24.2 Å².